The Bertz CT molecular complexity index is 1060. The highest BCUT2D eigenvalue weighted by atomic mass is 35.5. The number of anilines is 1. The van der Waals surface area contributed by atoms with E-state index in [0.717, 1.165) is 34.3 Å². The predicted octanol–water partition coefficient (Wildman–Crippen LogP) is 3.53. The van der Waals surface area contributed by atoms with Gasteiger partial charge in [0, 0.05) is 35.8 Å². The first-order valence-corrected chi connectivity index (χ1v) is 9.33. The number of benzene rings is 2. The molecule has 0 saturated carbocycles. The van der Waals surface area contributed by atoms with E-state index in [1.165, 1.54) is 0 Å². The van der Waals surface area contributed by atoms with Gasteiger partial charge >= 0.3 is 11.9 Å². The molecular formula is C21H22ClN3O6. The van der Waals surface area contributed by atoms with Gasteiger partial charge in [0.25, 0.3) is 0 Å². The first-order chi connectivity index (χ1) is 14.8. The number of carboxylic acids is 2. The van der Waals surface area contributed by atoms with Crippen LogP contribution in [-0.4, -0.2) is 45.9 Å². The van der Waals surface area contributed by atoms with Crippen LogP contribution in [0.2, 0.25) is 5.02 Å². The van der Waals surface area contributed by atoms with Crippen LogP contribution in [0.15, 0.2) is 48.7 Å². The van der Waals surface area contributed by atoms with Gasteiger partial charge < -0.3 is 29.6 Å². The number of aliphatic carboxylic acids is 2. The number of nitrogens with zero attached hydrogens (tertiary/aromatic N) is 2. The van der Waals surface area contributed by atoms with E-state index in [0.29, 0.717) is 11.6 Å². The number of carbonyl (C=O) groups is 2. The summed E-state index contributed by atoms with van der Waals surface area (Å²) in [5.41, 5.74) is 3.04. The second-order valence-electron chi connectivity index (χ2n) is 6.18. The molecule has 0 bridgehead atoms. The average molecular weight is 448 g/mol. The number of ether oxygens (including phenoxy) is 2. The van der Waals surface area contributed by atoms with Crippen LogP contribution in [0.25, 0.3) is 11.3 Å². The minimum absolute atomic E-state index is 0.590. The zero-order chi connectivity index (χ0) is 23.0. The number of aromatic nitrogens is 2. The average Bonchev–Trinajstić information content (AvgIpc) is 3.12. The van der Waals surface area contributed by atoms with E-state index in [-0.39, 0.29) is 0 Å². The largest absolute Gasteiger partial charge is 0.497 e. The van der Waals surface area contributed by atoms with Gasteiger partial charge in [0.2, 0.25) is 5.95 Å². The summed E-state index contributed by atoms with van der Waals surface area (Å²) in [6.07, 6.45) is 1.83. The van der Waals surface area contributed by atoms with Crippen LogP contribution in [0.1, 0.15) is 5.56 Å². The molecule has 31 heavy (non-hydrogen) atoms. The molecule has 9 nitrogen and oxygen atoms in total. The molecule has 0 aliphatic heterocycles. The van der Waals surface area contributed by atoms with Gasteiger partial charge in [0.05, 0.1) is 26.1 Å². The first kappa shape index (κ1) is 23.6. The number of hydrogen-bond donors (Lipinski definition) is 3. The Morgan fingerprint density at radius 3 is 2.39 bits per heavy atom. The van der Waals surface area contributed by atoms with Gasteiger partial charge in [-0.3, -0.25) is 0 Å². The standard InChI is InChI=1S/C19H20ClN3O2.C2H2O4/c1-23-17(13-5-4-6-15(20)9-13)12-22-19(23)21-11-14-7-8-16(24-2)10-18(14)25-3;3-1(4)2(5)6/h4-10,12H,11H2,1-3H3,(H,21,22);(H,3,4)(H,5,6). The molecule has 0 spiro atoms. The van der Waals surface area contributed by atoms with E-state index < -0.39 is 11.9 Å². The zero-order valence-corrected chi connectivity index (χ0v) is 17.9. The molecule has 3 aromatic rings. The van der Waals surface area contributed by atoms with Crippen molar-refractivity contribution in [3.05, 3.63) is 59.2 Å². The maximum atomic E-state index is 9.10. The molecule has 1 heterocycles. The third-order valence-electron chi connectivity index (χ3n) is 4.22. The van der Waals surface area contributed by atoms with Crippen molar-refractivity contribution in [2.24, 2.45) is 7.05 Å². The van der Waals surface area contributed by atoms with Gasteiger partial charge in [-0.25, -0.2) is 14.6 Å². The third-order valence-corrected chi connectivity index (χ3v) is 4.46. The Hall–Kier alpha value is -3.72. The molecule has 2 aromatic carbocycles. The topological polar surface area (TPSA) is 123 Å². The summed E-state index contributed by atoms with van der Waals surface area (Å²) in [6, 6.07) is 13.5. The lowest BCUT2D eigenvalue weighted by Crippen LogP contribution is -2.09. The second kappa shape index (κ2) is 10.9. The van der Waals surface area contributed by atoms with Gasteiger partial charge in [0.1, 0.15) is 11.5 Å². The highest BCUT2D eigenvalue weighted by molar-refractivity contribution is 6.30. The van der Waals surface area contributed by atoms with E-state index in [1.54, 1.807) is 14.2 Å². The summed E-state index contributed by atoms with van der Waals surface area (Å²) in [6.45, 7) is 0.590. The van der Waals surface area contributed by atoms with E-state index in [1.807, 2.05) is 60.3 Å². The van der Waals surface area contributed by atoms with E-state index >= 15 is 0 Å². The molecule has 3 N–H and O–H groups in total. The second-order valence-corrected chi connectivity index (χ2v) is 6.61. The number of nitrogens with one attached hydrogen (secondary N) is 1. The van der Waals surface area contributed by atoms with Crippen molar-refractivity contribution in [3.8, 4) is 22.8 Å². The molecular weight excluding hydrogens is 426 g/mol. The van der Waals surface area contributed by atoms with E-state index in [4.69, 9.17) is 40.9 Å². The summed E-state index contributed by atoms with van der Waals surface area (Å²) in [5, 5.41) is 18.8. The predicted molar refractivity (Wildman–Crippen MR) is 116 cm³/mol. The van der Waals surface area contributed by atoms with E-state index in [9.17, 15) is 0 Å². The zero-order valence-electron chi connectivity index (χ0n) is 17.1. The van der Waals surface area contributed by atoms with Crippen molar-refractivity contribution >= 4 is 29.5 Å². The highest BCUT2D eigenvalue weighted by Crippen LogP contribution is 2.27. The van der Waals surface area contributed by atoms with Gasteiger partial charge in [-0.1, -0.05) is 23.7 Å². The molecule has 10 heteroatoms. The Kier molecular flexibility index (Phi) is 8.27. The minimum Gasteiger partial charge on any atom is -0.497 e. The van der Waals surface area contributed by atoms with Crippen LogP contribution in [-0.2, 0) is 23.2 Å². The molecule has 164 valence electrons. The van der Waals surface area contributed by atoms with Crippen molar-refractivity contribution in [3.63, 3.8) is 0 Å². The number of hydrogen-bond acceptors (Lipinski definition) is 6. The molecule has 0 saturated heterocycles. The lowest BCUT2D eigenvalue weighted by molar-refractivity contribution is -0.159. The summed E-state index contributed by atoms with van der Waals surface area (Å²) in [5.74, 6) is -1.34. The molecule has 0 fully saturated rings. The maximum absolute atomic E-state index is 9.10. The first-order valence-electron chi connectivity index (χ1n) is 8.95. The van der Waals surface area contributed by atoms with Crippen LogP contribution in [0.4, 0.5) is 5.95 Å². The minimum atomic E-state index is -1.82. The van der Waals surface area contributed by atoms with Crippen molar-refractivity contribution in [1.82, 2.24) is 9.55 Å². The molecule has 0 aliphatic carbocycles. The molecule has 0 amide bonds. The summed E-state index contributed by atoms with van der Waals surface area (Å²) in [4.78, 5) is 22.7. The Balaban J connectivity index is 0.000000501. The quantitative estimate of drug-likeness (QED) is 0.490. The van der Waals surface area contributed by atoms with Gasteiger partial charge in [-0.05, 0) is 24.3 Å². The Morgan fingerprint density at radius 2 is 1.81 bits per heavy atom. The van der Waals surface area contributed by atoms with Crippen LogP contribution in [0, 0.1) is 0 Å². The fourth-order valence-electron chi connectivity index (χ4n) is 2.66. The lowest BCUT2D eigenvalue weighted by Gasteiger charge is -2.12. The summed E-state index contributed by atoms with van der Waals surface area (Å²) < 4.78 is 12.7. The van der Waals surface area contributed by atoms with Crippen molar-refractivity contribution in [2.45, 2.75) is 6.54 Å². The van der Waals surface area contributed by atoms with Crippen molar-refractivity contribution in [1.29, 1.82) is 0 Å². The smallest absolute Gasteiger partial charge is 0.414 e. The van der Waals surface area contributed by atoms with Crippen LogP contribution >= 0.6 is 11.6 Å². The summed E-state index contributed by atoms with van der Waals surface area (Å²) >= 11 is 6.08. The SMILES string of the molecule is COc1ccc(CNc2ncc(-c3cccc(Cl)c3)n2C)c(OC)c1.O=C(O)C(=O)O. The van der Waals surface area contributed by atoms with Crippen LogP contribution in [0.5, 0.6) is 11.5 Å². The molecule has 3 rings (SSSR count). The van der Waals surface area contributed by atoms with Gasteiger partial charge in [-0.2, -0.15) is 0 Å². The molecule has 0 atom stereocenters. The monoisotopic (exact) mass is 447 g/mol. The van der Waals surface area contributed by atoms with E-state index in [2.05, 4.69) is 10.3 Å². The van der Waals surface area contributed by atoms with Crippen LogP contribution in [0.3, 0.4) is 0 Å². The highest BCUT2D eigenvalue weighted by Gasteiger charge is 2.10. The lowest BCUT2D eigenvalue weighted by atomic mass is 10.2. The number of halogens is 1. The van der Waals surface area contributed by atoms with Crippen molar-refractivity contribution < 1.29 is 29.3 Å². The Morgan fingerprint density at radius 1 is 1.10 bits per heavy atom. The Labute approximate surface area is 183 Å². The van der Waals surface area contributed by atoms with Gasteiger partial charge in [0.15, 0.2) is 0 Å². The number of methoxy groups -OCH3 is 2. The number of carboxylic acid groups (broad SMARTS) is 2. The maximum Gasteiger partial charge on any atom is 0.414 e. The molecule has 0 unspecified atom stereocenters. The third kappa shape index (κ3) is 6.38. The van der Waals surface area contributed by atoms with Gasteiger partial charge in [-0.15, -0.1) is 0 Å². The van der Waals surface area contributed by atoms with Crippen molar-refractivity contribution in [2.75, 3.05) is 19.5 Å². The molecule has 0 radical (unpaired) electrons. The fourth-order valence-corrected chi connectivity index (χ4v) is 2.85. The number of rotatable bonds is 6. The summed E-state index contributed by atoms with van der Waals surface area (Å²) in [7, 11) is 5.26. The van der Waals surface area contributed by atoms with Crippen LogP contribution < -0.4 is 14.8 Å². The molecule has 0 aliphatic rings. The fraction of sp³-hybridized carbons (Fsp3) is 0.190. The normalized spacial score (nSPS) is 9.94. The molecule has 1 aromatic heterocycles. The number of imidazole rings is 1.